The van der Waals surface area contributed by atoms with Crippen LogP contribution in [0.25, 0.3) is 0 Å². The summed E-state index contributed by atoms with van der Waals surface area (Å²) in [7, 11) is 0. The van der Waals surface area contributed by atoms with E-state index >= 15 is 0 Å². The van der Waals surface area contributed by atoms with Crippen molar-refractivity contribution in [3.05, 3.63) is 12.7 Å². The van der Waals surface area contributed by atoms with Crippen LogP contribution in [0, 0.1) is 0 Å². The molecule has 1 aliphatic carbocycles. The highest BCUT2D eigenvalue weighted by atomic mass is 16.4. The molecule has 0 saturated heterocycles. The highest BCUT2D eigenvalue weighted by molar-refractivity contribution is 5.86. The lowest BCUT2D eigenvalue weighted by atomic mass is 10.3. The van der Waals surface area contributed by atoms with E-state index in [1.807, 2.05) is 4.68 Å². The highest BCUT2D eigenvalue weighted by Gasteiger charge is 2.22. The zero-order chi connectivity index (χ0) is 8.39. The van der Waals surface area contributed by atoms with Gasteiger partial charge < -0.3 is 5.21 Å². The number of aromatic nitrogens is 3. The van der Waals surface area contributed by atoms with Crippen molar-refractivity contribution in [2.24, 2.45) is 5.16 Å². The third-order valence-corrected chi connectivity index (χ3v) is 2.19. The van der Waals surface area contributed by atoms with Crippen molar-refractivity contribution in [2.45, 2.75) is 25.3 Å². The molecule has 5 heteroatoms. The van der Waals surface area contributed by atoms with Gasteiger partial charge in [0.1, 0.15) is 12.7 Å². The molecule has 1 atom stereocenters. The zero-order valence-corrected chi connectivity index (χ0v) is 6.59. The normalized spacial score (nSPS) is 26.7. The summed E-state index contributed by atoms with van der Waals surface area (Å²) in [4.78, 5) is 3.87. The highest BCUT2D eigenvalue weighted by Crippen LogP contribution is 2.26. The molecule has 12 heavy (non-hydrogen) atoms. The lowest BCUT2D eigenvalue weighted by Gasteiger charge is -2.06. The minimum Gasteiger partial charge on any atom is -0.411 e. The molecule has 0 aliphatic heterocycles. The van der Waals surface area contributed by atoms with Crippen molar-refractivity contribution in [1.29, 1.82) is 0 Å². The number of hydrogen-bond donors (Lipinski definition) is 1. The van der Waals surface area contributed by atoms with Crippen molar-refractivity contribution in [2.75, 3.05) is 0 Å². The van der Waals surface area contributed by atoms with E-state index in [9.17, 15) is 0 Å². The fourth-order valence-electron chi connectivity index (χ4n) is 1.53. The lowest BCUT2D eigenvalue weighted by molar-refractivity contribution is 0.317. The van der Waals surface area contributed by atoms with Crippen molar-refractivity contribution < 1.29 is 5.21 Å². The van der Waals surface area contributed by atoms with Crippen LogP contribution in [0.2, 0.25) is 0 Å². The Kier molecular flexibility index (Phi) is 1.77. The van der Waals surface area contributed by atoms with E-state index in [4.69, 9.17) is 5.21 Å². The molecule has 1 aliphatic rings. The maximum atomic E-state index is 8.52. The van der Waals surface area contributed by atoms with E-state index in [0.717, 1.165) is 25.0 Å². The van der Waals surface area contributed by atoms with Gasteiger partial charge in [-0.25, -0.2) is 9.67 Å². The van der Waals surface area contributed by atoms with Gasteiger partial charge in [0.25, 0.3) is 0 Å². The van der Waals surface area contributed by atoms with Gasteiger partial charge in [-0.15, -0.1) is 0 Å². The second-order valence-electron chi connectivity index (χ2n) is 2.94. The molecule has 5 nitrogen and oxygen atoms in total. The van der Waals surface area contributed by atoms with Gasteiger partial charge in [-0.1, -0.05) is 5.16 Å². The van der Waals surface area contributed by atoms with Crippen molar-refractivity contribution in [3.63, 3.8) is 0 Å². The van der Waals surface area contributed by atoms with Crippen LogP contribution in [0.15, 0.2) is 17.8 Å². The summed E-state index contributed by atoms with van der Waals surface area (Å²) >= 11 is 0. The average molecular weight is 166 g/mol. The van der Waals surface area contributed by atoms with E-state index in [0.29, 0.717) is 6.04 Å². The van der Waals surface area contributed by atoms with Crippen LogP contribution in [0.1, 0.15) is 25.3 Å². The fraction of sp³-hybridized carbons (Fsp3) is 0.571. The SMILES string of the molecule is O/N=C1\CCC(n2cncn2)C1. The second kappa shape index (κ2) is 2.92. The minimum absolute atomic E-state index is 0.332. The van der Waals surface area contributed by atoms with Crippen LogP contribution in [-0.4, -0.2) is 25.7 Å². The van der Waals surface area contributed by atoms with E-state index in [2.05, 4.69) is 15.2 Å². The Morgan fingerprint density at radius 2 is 2.58 bits per heavy atom. The first-order chi connectivity index (χ1) is 5.90. The quantitative estimate of drug-likeness (QED) is 0.496. The maximum Gasteiger partial charge on any atom is 0.137 e. The summed E-state index contributed by atoms with van der Waals surface area (Å²) < 4.78 is 1.82. The van der Waals surface area contributed by atoms with Crippen LogP contribution in [-0.2, 0) is 0 Å². The van der Waals surface area contributed by atoms with Gasteiger partial charge in [0.15, 0.2) is 0 Å². The average Bonchev–Trinajstić information content (AvgIpc) is 2.75. The maximum absolute atomic E-state index is 8.52. The Bertz CT molecular complexity index is 280. The molecule has 1 N–H and O–H groups in total. The Balaban J connectivity index is 2.10. The third kappa shape index (κ3) is 1.17. The summed E-state index contributed by atoms with van der Waals surface area (Å²) in [5.41, 5.74) is 0.857. The van der Waals surface area contributed by atoms with E-state index in [1.54, 1.807) is 6.33 Å². The molecule has 2 rings (SSSR count). The predicted octanol–water partition coefficient (Wildman–Crippen LogP) is 0.833. The second-order valence-corrected chi connectivity index (χ2v) is 2.94. The standard InChI is InChI=1S/C7H10N4O/c12-10-6-1-2-7(3-6)11-5-8-4-9-11/h4-5,7,12H,1-3H2/b10-6+. The van der Waals surface area contributed by atoms with E-state index < -0.39 is 0 Å². The molecule has 0 bridgehead atoms. The van der Waals surface area contributed by atoms with Crippen LogP contribution >= 0.6 is 0 Å². The van der Waals surface area contributed by atoms with Crippen LogP contribution in [0.3, 0.4) is 0 Å². The first kappa shape index (κ1) is 7.27. The number of rotatable bonds is 1. The number of oxime groups is 1. The number of nitrogens with zero attached hydrogens (tertiary/aromatic N) is 4. The molecular weight excluding hydrogens is 156 g/mol. The molecule has 1 saturated carbocycles. The minimum atomic E-state index is 0.332. The smallest absolute Gasteiger partial charge is 0.137 e. The molecule has 1 unspecified atom stereocenters. The molecule has 0 radical (unpaired) electrons. The first-order valence-corrected chi connectivity index (χ1v) is 3.94. The molecule has 1 fully saturated rings. The molecule has 1 aromatic heterocycles. The van der Waals surface area contributed by atoms with Gasteiger partial charge in [0, 0.05) is 6.42 Å². The van der Waals surface area contributed by atoms with Crippen LogP contribution in [0.4, 0.5) is 0 Å². The zero-order valence-electron chi connectivity index (χ0n) is 6.59. The molecule has 1 heterocycles. The molecule has 1 aromatic rings. The first-order valence-electron chi connectivity index (χ1n) is 3.94. The molecule has 0 aromatic carbocycles. The van der Waals surface area contributed by atoms with Gasteiger partial charge in [-0.05, 0) is 12.8 Å². The predicted molar refractivity (Wildman–Crippen MR) is 42.1 cm³/mol. The molecule has 0 spiro atoms. The summed E-state index contributed by atoms with van der Waals surface area (Å²) in [6.45, 7) is 0. The topological polar surface area (TPSA) is 63.3 Å². The molecule has 0 amide bonds. The summed E-state index contributed by atoms with van der Waals surface area (Å²) in [5.74, 6) is 0. The summed E-state index contributed by atoms with van der Waals surface area (Å²) in [5, 5.41) is 15.8. The van der Waals surface area contributed by atoms with Gasteiger partial charge in [0.05, 0.1) is 11.8 Å². The summed E-state index contributed by atoms with van der Waals surface area (Å²) in [6, 6.07) is 0.332. The Morgan fingerprint density at radius 1 is 1.67 bits per heavy atom. The van der Waals surface area contributed by atoms with Gasteiger partial charge in [-0.2, -0.15) is 5.10 Å². The lowest BCUT2D eigenvalue weighted by Crippen LogP contribution is -2.05. The van der Waals surface area contributed by atoms with Gasteiger partial charge >= 0.3 is 0 Å². The Morgan fingerprint density at radius 3 is 3.17 bits per heavy atom. The fourth-order valence-corrected chi connectivity index (χ4v) is 1.53. The van der Waals surface area contributed by atoms with E-state index in [1.165, 1.54) is 6.33 Å². The van der Waals surface area contributed by atoms with Crippen molar-refractivity contribution in [3.8, 4) is 0 Å². The Labute approximate surface area is 69.7 Å². The summed E-state index contributed by atoms with van der Waals surface area (Å²) in [6.07, 6.45) is 5.86. The molecule has 64 valence electrons. The largest absolute Gasteiger partial charge is 0.411 e. The van der Waals surface area contributed by atoms with Crippen LogP contribution in [0.5, 0.6) is 0 Å². The van der Waals surface area contributed by atoms with Gasteiger partial charge in [-0.3, -0.25) is 0 Å². The van der Waals surface area contributed by atoms with Gasteiger partial charge in [0.2, 0.25) is 0 Å². The monoisotopic (exact) mass is 166 g/mol. The number of hydrogen-bond acceptors (Lipinski definition) is 4. The van der Waals surface area contributed by atoms with Crippen LogP contribution < -0.4 is 0 Å². The Hall–Kier alpha value is -1.39. The van der Waals surface area contributed by atoms with Crippen molar-refractivity contribution in [1.82, 2.24) is 14.8 Å². The third-order valence-electron chi connectivity index (χ3n) is 2.19. The van der Waals surface area contributed by atoms with Crippen molar-refractivity contribution >= 4 is 5.71 Å². The van der Waals surface area contributed by atoms with E-state index in [-0.39, 0.29) is 0 Å². The molecular formula is C7H10N4O.